The van der Waals surface area contributed by atoms with Crippen LogP contribution in [0, 0.1) is 19.8 Å². The van der Waals surface area contributed by atoms with Crippen molar-refractivity contribution >= 4 is 0 Å². The lowest BCUT2D eigenvalue weighted by molar-refractivity contribution is -0.660. The Bertz CT molecular complexity index is 768. The molecule has 0 N–H and O–H groups in total. The van der Waals surface area contributed by atoms with Gasteiger partial charge < -0.3 is 0 Å². The molecule has 21 heavy (non-hydrogen) atoms. The van der Waals surface area contributed by atoms with Crippen LogP contribution in [0.1, 0.15) is 11.1 Å². The molecule has 0 unspecified atom stereocenters. The van der Waals surface area contributed by atoms with Crippen molar-refractivity contribution in [2.45, 2.75) is 13.8 Å². The van der Waals surface area contributed by atoms with E-state index in [2.05, 4.69) is 0 Å². The maximum Gasteiger partial charge on any atom is 0.322 e. The van der Waals surface area contributed by atoms with Gasteiger partial charge in [0.2, 0.25) is 0 Å². The second-order valence-electron chi connectivity index (χ2n) is 5.33. The van der Waals surface area contributed by atoms with Crippen LogP contribution in [0.15, 0.2) is 54.7 Å². The number of hydrogen-bond donors (Lipinski definition) is 0. The first-order valence-corrected chi connectivity index (χ1v) is 6.98. The van der Waals surface area contributed by atoms with Crippen molar-refractivity contribution < 1.29 is 8.96 Å². The topological polar surface area (TPSA) is 8.81 Å². The predicted molar refractivity (Wildman–Crippen MR) is 81.8 cm³/mol. The third-order valence-corrected chi connectivity index (χ3v) is 3.75. The second kappa shape index (κ2) is 5.17. The van der Waals surface area contributed by atoms with E-state index < -0.39 is 0 Å². The number of halogens is 1. The first-order chi connectivity index (χ1) is 10.1. The Morgan fingerprint density at radius 1 is 0.905 bits per heavy atom. The summed E-state index contributed by atoms with van der Waals surface area (Å²) in [5, 5.41) is 0. The molecule has 3 rings (SSSR count). The van der Waals surface area contributed by atoms with Crippen molar-refractivity contribution in [1.29, 1.82) is 0 Å². The summed E-state index contributed by atoms with van der Waals surface area (Å²) in [6.07, 6.45) is 1.52. The quantitative estimate of drug-likeness (QED) is 0.633. The van der Waals surface area contributed by atoms with Crippen LogP contribution in [0.4, 0.5) is 4.39 Å². The molecule has 0 aliphatic rings. The molecule has 0 bridgehead atoms. The van der Waals surface area contributed by atoms with Crippen molar-refractivity contribution in [1.82, 2.24) is 4.57 Å². The molecule has 0 atom stereocenters. The zero-order chi connectivity index (χ0) is 15.0. The van der Waals surface area contributed by atoms with Gasteiger partial charge in [0.1, 0.15) is 5.69 Å². The van der Waals surface area contributed by atoms with E-state index >= 15 is 0 Å². The molecule has 0 saturated carbocycles. The minimum atomic E-state index is -0.256. The van der Waals surface area contributed by atoms with Gasteiger partial charge >= 0.3 is 5.95 Å². The summed E-state index contributed by atoms with van der Waals surface area (Å²) >= 11 is 0. The van der Waals surface area contributed by atoms with Gasteiger partial charge in [0.05, 0.1) is 12.6 Å². The molecule has 3 heteroatoms. The molecule has 0 spiro atoms. The van der Waals surface area contributed by atoms with Crippen LogP contribution >= 0.6 is 0 Å². The summed E-state index contributed by atoms with van der Waals surface area (Å²) in [7, 11) is 1.87. The summed E-state index contributed by atoms with van der Waals surface area (Å²) in [6.45, 7) is 4.02. The number of benzene rings is 2. The average Bonchev–Trinajstić information content (AvgIpc) is 2.75. The lowest BCUT2D eigenvalue weighted by atomic mass is 10.1. The third kappa shape index (κ3) is 2.25. The summed E-state index contributed by atoms with van der Waals surface area (Å²) in [5.41, 5.74) is 4.02. The van der Waals surface area contributed by atoms with Crippen molar-refractivity contribution in [3.63, 3.8) is 0 Å². The average molecular weight is 281 g/mol. The van der Waals surface area contributed by atoms with E-state index in [0.29, 0.717) is 0 Å². The van der Waals surface area contributed by atoms with Gasteiger partial charge in [-0.25, -0.2) is 4.57 Å². The van der Waals surface area contributed by atoms with Gasteiger partial charge in [0.25, 0.3) is 5.82 Å². The van der Waals surface area contributed by atoms with Crippen LogP contribution in [0.3, 0.4) is 0 Å². The molecule has 0 saturated heterocycles. The molecule has 0 aliphatic heterocycles. The van der Waals surface area contributed by atoms with E-state index in [9.17, 15) is 4.39 Å². The molecule has 0 radical (unpaired) electrons. The Kier molecular flexibility index (Phi) is 3.34. The Balaban J connectivity index is 2.34. The second-order valence-corrected chi connectivity index (χ2v) is 5.33. The molecular formula is C18H18FN2+. The van der Waals surface area contributed by atoms with E-state index in [1.165, 1.54) is 6.20 Å². The van der Waals surface area contributed by atoms with Crippen LogP contribution in [-0.4, -0.2) is 4.57 Å². The molecule has 2 nitrogen and oxygen atoms in total. The van der Waals surface area contributed by atoms with Gasteiger partial charge in [-0.1, -0.05) is 36.4 Å². The van der Waals surface area contributed by atoms with Gasteiger partial charge in [-0.3, -0.25) is 0 Å². The number of aryl methyl sites for hydroxylation is 3. The van der Waals surface area contributed by atoms with Gasteiger partial charge in [0.15, 0.2) is 6.20 Å². The van der Waals surface area contributed by atoms with Gasteiger partial charge in [-0.15, -0.1) is 0 Å². The highest BCUT2D eigenvalue weighted by atomic mass is 19.1. The van der Waals surface area contributed by atoms with Crippen LogP contribution in [0.5, 0.6) is 0 Å². The largest absolute Gasteiger partial charge is 0.322 e. The van der Waals surface area contributed by atoms with Crippen LogP contribution in [0.2, 0.25) is 0 Å². The molecule has 3 aromatic rings. The number of nitrogens with zero attached hydrogens (tertiary/aromatic N) is 2. The lowest BCUT2D eigenvalue weighted by Crippen LogP contribution is -2.29. The van der Waals surface area contributed by atoms with Gasteiger partial charge in [-0.2, -0.15) is 8.96 Å². The van der Waals surface area contributed by atoms with Gasteiger partial charge in [0, 0.05) is 0 Å². The summed E-state index contributed by atoms with van der Waals surface area (Å²) in [5.74, 6) is 0.583. The van der Waals surface area contributed by atoms with E-state index in [1.807, 2.05) is 74.0 Å². The highest BCUT2D eigenvalue weighted by Gasteiger charge is 2.26. The zero-order valence-corrected chi connectivity index (χ0v) is 12.5. The fraction of sp³-hybridized carbons (Fsp3) is 0.167. The first kappa shape index (κ1) is 13.6. The fourth-order valence-corrected chi connectivity index (χ4v) is 2.83. The highest BCUT2D eigenvalue weighted by molar-refractivity contribution is 5.59. The fourth-order valence-electron chi connectivity index (χ4n) is 2.83. The maximum atomic E-state index is 14.5. The highest BCUT2D eigenvalue weighted by Crippen LogP contribution is 2.26. The van der Waals surface area contributed by atoms with Crippen molar-refractivity contribution in [3.05, 3.63) is 71.8 Å². The minimum absolute atomic E-state index is 0.256. The Labute approximate surface area is 124 Å². The summed E-state index contributed by atoms with van der Waals surface area (Å²) < 4.78 is 18.1. The zero-order valence-electron chi connectivity index (χ0n) is 12.5. The molecule has 1 aromatic heterocycles. The first-order valence-electron chi connectivity index (χ1n) is 6.98. The molecule has 106 valence electrons. The molecule has 0 aliphatic carbocycles. The van der Waals surface area contributed by atoms with Crippen LogP contribution in [-0.2, 0) is 7.05 Å². The predicted octanol–water partition coefficient (Wildman–Crippen LogP) is 3.72. The number of hydrogen-bond acceptors (Lipinski definition) is 0. The van der Waals surface area contributed by atoms with Crippen molar-refractivity contribution in [2.75, 3.05) is 0 Å². The van der Waals surface area contributed by atoms with E-state index in [0.717, 1.165) is 28.2 Å². The normalized spacial score (nSPS) is 10.9. The number of rotatable bonds is 2. The Morgan fingerprint density at radius 3 is 2.14 bits per heavy atom. The third-order valence-electron chi connectivity index (χ3n) is 3.75. The maximum absolute atomic E-state index is 14.5. The van der Waals surface area contributed by atoms with Crippen LogP contribution < -0.4 is 4.57 Å². The van der Waals surface area contributed by atoms with E-state index in [4.69, 9.17) is 0 Å². The summed E-state index contributed by atoms with van der Waals surface area (Å²) in [6, 6.07) is 15.9. The number of imidazole rings is 1. The van der Waals surface area contributed by atoms with Crippen molar-refractivity contribution in [2.24, 2.45) is 7.05 Å². The minimum Gasteiger partial charge on any atom is -0.229 e. The Morgan fingerprint density at radius 2 is 1.52 bits per heavy atom. The standard InChI is InChI=1S/C18H18FN2/c1-13-8-7-9-14(2)17(13)21-16(19)12-20(3)18(21)15-10-5-4-6-11-15/h4-12H,1-3H3/q+1. The van der Waals surface area contributed by atoms with E-state index in [1.54, 1.807) is 4.57 Å². The molecule has 1 heterocycles. The number of aromatic nitrogens is 2. The van der Waals surface area contributed by atoms with Gasteiger partial charge in [-0.05, 0) is 37.1 Å². The van der Waals surface area contributed by atoms with Crippen LogP contribution in [0.25, 0.3) is 17.1 Å². The molecule has 2 aromatic carbocycles. The smallest absolute Gasteiger partial charge is 0.229 e. The monoisotopic (exact) mass is 281 g/mol. The molecule has 0 amide bonds. The lowest BCUT2D eigenvalue weighted by Gasteiger charge is -2.08. The Hall–Kier alpha value is -2.42. The van der Waals surface area contributed by atoms with E-state index in [-0.39, 0.29) is 5.95 Å². The molecule has 0 fully saturated rings. The molecular weight excluding hydrogens is 263 g/mol. The van der Waals surface area contributed by atoms with Crippen molar-refractivity contribution in [3.8, 4) is 17.1 Å². The SMILES string of the molecule is Cc1cccc(C)c1-n1c(F)c[n+](C)c1-c1ccccc1. The summed E-state index contributed by atoms with van der Waals surface area (Å²) in [4.78, 5) is 0. The number of para-hydroxylation sites is 1.